The number of amides is 1. The zero-order valence-electron chi connectivity index (χ0n) is 11.6. The van der Waals surface area contributed by atoms with Crippen molar-refractivity contribution in [2.75, 3.05) is 11.9 Å². The number of benzene rings is 1. The number of carbonyl (C=O) groups excluding carboxylic acids is 1. The van der Waals surface area contributed by atoms with Gasteiger partial charge in [0.25, 0.3) is 0 Å². The van der Waals surface area contributed by atoms with E-state index in [1.54, 1.807) is 12.4 Å². The van der Waals surface area contributed by atoms with Crippen LogP contribution in [0.3, 0.4) is 0 Å². The normalized spacial score (nSPS) is 10.1. The lowest BCUT2D eigenvalue weighted by atomic mass is 10.2. The van der Waals surface area contributed by atoms with Crippen molar-refractivity contribution < 1.29 is 4.79 Å². The topological polar surface area (TPSA) is 54.0 Å². The third kappa shape index (κ3) is 4.72. The third-order valence-corrected chi connectivity index (χ3v) is 2.94. The lowest BCUT2D eigenvalue weighted by Gasteiger charge is -2.08. The molecule has 0 fully saturated rings. The molecule has 2 aromatic rings. The van der Waals surface area contributed by atoms with Gasteiger partial charge in [0.05, 0.1) is 0 Å². The van der Waals surface area contributed by atoms with E-state index in [1.807, 2.05) is 37.3 Å². The molecule has 2 N–H and O–H groups in total. The number of hydrogen-bond acceptors (Lipinski definition) is 3. The minimum absolute atomic E-state index is 0.0435. The van der Waals surface area contributed by atoms with Crippen molar-refractivity contribution in [3.05, 3.63) is 59.9 Å². The van der Waals surface area contributed by atoms with E-state index in [2.05, 4.69) is 21.7 Å². The Bertz CT molecular complexity index is 555. The zero-order chi connectivity index (χ0) is 14.2. The van der Waals surface area contributed by atoms with Gasteiger partial charge in [-0.1, -0.05) is 12.1 Å². The summed E-state index contributed by atoms with van der Waals surface area (Å²) in [6.07, 6.45) is 3.90. The molecule has 0 aliphatic heterocycles. The number of hydrogen-bond donors (Lipinski definition) is 2. The number of nitrogens with one attached hydrogen (secondary N) is 2. The minimum atomic E-state index is 0.0435. The number of pyridine rings is 1. The van der Waals surface area contributed by atoms with Crippen LogP contribution in [0.25, 0.3) is 0 Å². The number of aromatic nitrogens is 1. The van der Waals surface area contributed by atoms with Gasteiger partial charge in [-0.15, -0.1) is 0 Å². The van der Waals surface area contributed by atoms with Crippen LogP contribution in [0.1, 0.15) is 17.5 Å². The van der Waals surface area contributed by atoms with Crippen LogP contribution in [0.15, 0.2) is 48.8 Å². The summed E-state index contributed by atoms with van der Waals surface area (Å²) in [5, 5.41) is 6.13. The standard InChI is InChI=1S/C16H19N3O/c1-13-3-2-4-15(11-13)18-10-7-16(20)19-12-14-5-8-17-9-6-14/h2-6,8-9,11,18H,7,10,12H2,1H3,(H,19,20). The zero-order valence-corrected chi connectivity index (χ0v) is 11.6. The molecule has 0 aliphatic rings. The van der Waals surface area contributed by atoms with Crippen molar-refractivity contribution in [3.63, 3.8) is 0 Å². The summed E-state index contributed by atoms with van der Waals surface area (Å²) in [4.78, 5) is 15.6. The van der Waals surface area contributed by atoms with Gasteiger partial charge >= 0.3 is 0 Å². The highest BCUT2D eigenvalue weighted by molar-refractivity contribution is 5.76. The lowest BCUT2D eigenvalue weighted by Crippen LogP contribution is -2.24. The smallest absolute Gasteiger partial charge is 0.222 e. The Hall–Kier alpha value is -2.36. The molecule has 0 spiro atoms. The Morgan fingerprint density at radius 2 is 2.00 bits per heavy atom. The van der Waals surface area contributed by atoms with E-state index in [1.165, 1.54) is 5.56 Å². The van der Waals surface area contributed by atoms with Gasteiger partial charge in [0.1, 0.15) is 0 Å². The highest BCUT2D eigenvalue weighted by atomic mass is 16.1. The van der Waals surface area contributed by atoms with Crippen LogP contribution in [0.4, 0.5) is 5.69 Å². The van der Waals surface area contributed by atoms with E-state index < -0.39 is 0 Å². The maximum Gasteiger partial charge on any atom is 0.222 e. The van der Waals surface area contributed by atoms with Gasteiger partial charge in [-0.25, -0.2) is 0 Å². The van der Waals surface area contributed by atoms with Gasteiger partial charge in [-0.3, -0.25) is 9.78 Å². The van der Waals surface area contributed by atoms with Crippen molar-refractivity contribution in [1.29, 1.82) is 0 Å². The predicted octanol–water partition coefficient (Wildman–Crippen LogP) is 2.51. The first-order valence-electron chi connectivity index (χ1n) is 6.70. The molecular weight excluding hydrogens is 250 g/mol. The van der Waals surface area contributed by atoms with Crippen LogP contribution in [0.5, 0.6) is 0 Å². The molecule has 1 aromatic carbocycles. The van der Waals surface area contributed by atoms with Crippen LogP contribution >= 0.6 is 0 Å². The Labute approximate surface area is 119 Å². The summed E-state index contributed by atoms with van der Waals surface area (Å²) < 4.78 is 0. The predicted molar refractivity (Wildman–Crippen MR) is 80.4 cm³/mol. The summed E-state index contributed by atoms with van der Waals surface area (Å²) in [6.45, 7) is 3.23. The summed E-state index contributed by atoms with van der Waals surface area (Å²) in [5.41, 5.74) is 3.31. The van der Waals surface area contributed by atoms with Gasteiger partial charge in [0.15, 0.2) is 0 Å². The maximum absolute atomic E-state index is 11.7. The van der Waals surface area contributed by atoms with Crippen molar-refractivity contribution >= 4 is 11.6 Å². The van der Waals surface area contributed by atoms with Crippen LogP contribution in [-0.4, -0.2) is 17.4 Å². The molecule has 2 rings (SSSR count). The highest BCUT2D eigenvalue weighted by Gasteiger charge is 2.01. The highest BCUT2D eigenvalue weighted by Crippen LogP contribution is 2.09. The van der Waals surface area contributed by atoms with Gasteiger partial charge < -0.3 is 10.6 Å². The Balaban J connectivity index is 1.68. The molecule has 4 nitrogen and oxygen atoms in total. The first-order chi connectivity index (χ1) is 9.74. The molecule has 0 bridgehead atoms. The van der Waals surface area contributed by atoms with Crippen molar-refractivity contribution in [2.45, 2.75) is 19.9 Å². The molecule has 1 heterocycles. The summed E-state index contributed by atoms with van der Waals surface area (Å²) in [7, 11) is 0. The third-order valence-electron chi connectivity index (χ3n) is 2.94. The van der Waals surface area contributed by atoms with E-state index in [0.717, 1.165) is 11.3 Å². The average molecular weight is 269 g/mol. The molecule has 0 aliphatic carbocycles. The fourth-order valence-electron chi connectivity index (χ4n) is 1.87. The molecule has 0 saturated carbocycles. The van der Waals surface area contributed by atoms with Crippen LogP contribution in [-0.2, 0) is 11.3 Å². The number of carbonyl (C=O) groups is 1. The second kappa shape index (κ2) is 7.28. The van der Waals surface area contributed by atoms with E-state index in [-0.39, 0.29) is 5.91 Å². The van der Waals surface area contributed by atoms with E-state index >= 15 is 0 Å². The van der Waals surface area contributed by atoms with E-state index in [9.17, 15) is 4.79 Å². The average Bonchev–Trinajstić information content (AvgIpc) is 2.46. The maximum atomic E-state index is 11.7. The monoisotopic (exact) mass is 269 g/mol. The Kier molecular flexibility index (Phi) is 5.12. The fraction of sp³-hybridized carbons (Fsp3) is 0.250. The molecule has 1 aromatic heterocycles. The molecule has 0 radical (unpaired) electrons. The summed E-state index contributed by atoms with van der Waals surface area (Å²) in [5.74, 6) is 0.0435. The quantitative estimate of drug-likeness (QED) is 0.847. The number of anilines is 1. The Morgan fingerprint density at radius 1 is 1.20 bits per heavy atom. The molecule has 0 unspecified atom stereocenters. The van der Waals surface area contributed by atoms with Crippen LogP contribution in [0, 0.1) is 6.92 Å². The molecule has 4 heteroatoms. The second-order valence-electron chi connectivity index (χ2n) is 4.68. The number of nitrogens with zero attached hydrogens (tertiary/aromatic N) is 1. The number of rotatable bonds is 6. The molecule has 0 atom stereocenters. The second-order valence-corrected chi connectivity index (χ2v) is 4.68. The van der Waals surface area contributed by atoms with Gasteiger partial charge in [0.2, 0.25) is 5.91 Å². The van der Waals surface area contributed by atoms with Gasteiger partial charge in [-0.2, -0.15) is 0 Å². The summed E-state index contributed by atoms with van der Waals surface area (Å²) in [6, 6.07) is 11.9. The molecule has 0 saturated heterocycles. The van der Waals surface area contributed by atoms with Gasteiger partial charge in [-0.05, 0) is 42.3 Å². The van der Waals surface area contributed by atoms with Crippen molar-refractivity contribution in [2.24, 2.45) is 0 Å². The first kappa shape index (κ1) is 14.1. The van der Waals surface area contributed by atoms with E-state index in [0.29, 0.717) is 19.5 Å². The molecular formula is C16H19N3O. The molecule has 1 amide bonds. The van der Waals surface area contributed by atoms with Crippen molar-refractivity contribution in [1.82, 2.24) is 10.3 Å². The first-order valence-corrected chi connectivity index (χ1v) is 6.70. The summed E-state index contributed by atoms with van der Waals surface area (Å²) >= 11 is 0. The number of aryl methyl sites for hydroxylation is 1. The minimum Gasteiger partial charge on any atom is -0.385 e. The Morgan fingerprint density at radius 3 is 2.75 bits per heavy atom. The SMILES string of the molecule is Cc1cccc(NCCC(=O)NCc2ccncc2)c1. The molecule has 104 valence electrons. The molecule has 20 heavy (non-hydrogen) atoms. The van der Waals surface area contributed by atoms with Crippen LogP contribution < -0.4 is 10.6 Å². The fourth-order valence-corrected chi connectivity index (χ4v) is 1.87. The van der Waals surface area contributed by atoms with Crippen LogP contribution in [0.2, 0.25) is 0 Å². The van der Waals surface area contributed by atoms with Gasteiger partial charge in [0, 0.05) is 37.6 Å². The van der Waals surface area contributed by atoms with E-state index in [4.69, 9.17) is 0 Å². The van der Waals surface area contributed by atoms with Crippen molar-refractivity contribution in [3.8, 4) is 0 Å². The lowest BCUT2D eigenvalue weighted by molar-refractivity contribution is -0.121. The largest absolute Gasteiger partial charge is 0.385 e.